The van der Waals surface area contributed by atoms with Crippen LogP contribution in [0.4, 0.5) is 0 Å². The van der Waals surface area contributed by atoms with Crippen molar-refractivity contribution in [2.45, 2.75) is 6.92 Å². The Hall–Kier alpha value is -1.40. The molecular formula is C12H10BrNO3S. The van der Waals surface area contributed by atoms with Crippen LogP contribution in [0.15, 0.2) is 22.7 Å². The zero-order chi connectivity index (χ0) is 13.3. The largest absolute Gasteiger partial charge is 0.497 e. The number of benzene rings is 1. The molecule has 0 saturated carbocycles. The van der Waals surface area contributed by atoms with E-state index in [9.17, 15) is 4.79 Å². The van der Waals surface area contributed by atoms with Crippen LogP contribution in [-0.2, 0) is 0 Å². The lowest BCUT2D eigenvalue weighted by Crippen LogP contribution is -1.94. The molecule has 2 aromatic rings. The number of aromatic nitrogens is 1. The van der Waals surface area contributed by atoms with Crippen molar-refractivity contribution < 1.29 is 14.6 Å². The van der Waals surface area contributed by atoms with Gasteiger partial charge in [-0.3, -0.25) is 0 Å². The number of ether oxygens (including phenoxy) is 1. The number of aromatic carboxylic acids is 1. The van der Waals surface area contributed by atoms with Crippen LogP contribution < -0.4 is 4.74 Å². The minimum absolute atomic E-state index is 0.264. The monoisotopic (exact) mass is 327 g/mol. The van der Waals surface area contributed by atoms with Gasteiger partial charge in [0.15, 0.2) is 0 Å². The summed E-state index contributed by atoms with van der Waals surface area (Å²) < 4.78 is 6.01. The summed E-state index contributed by atoms with van der Waals surface area (Å²) in [4.78, 5) is 15.6. The maximum absolute atomic E-state index is 11.0. The first-order valence-electron chi connectivity index (χ1n) is 5.07. The molecule has 1 aromatic carbocycles. The average molecular weight is 328 g/mol. The van der Waals surface area contributed by atoms with Crippen molar-refractivity contribution in [3.05, 3.63) is 33.2 Å². The standard InChI is InChI=1S/C12H10BrNO3S/c1-6-10(12(15)16)18-11(14-6)8-5-7(17-2)3-4-9(8)13/h3-5H,1-2H3,(H,15,16). The lowest BCUT2D eigenvalue weighted by Gasteiger charge is -2.04. The van der Waals surface area contributed by atoms with Gasteiger partial charge in [0.1, 0.15) is 15.6 Å². The fourth-order valence-corrected chi connectivity index (χ4v) is 3.01. The number of aryl methyl sites for hydroxylation is 1. The van der Waals surface area contributed by atoms with Gasteiger partial charge in [0, 0.05) is 10.0 Å². The number of nitrogens with zero attached hydrogens (tertiary/aromatic N) is 1. The first kappa shape index (κ1) is 13.0. The highest BCUT2D eigenvalue weighted by atomic mass is 79.9. The summed E-state index contributed by atoms with van der Waals surface area (Å²) in [6.45, 7) is 1.69. The lowest BCUT2D eigenvalue weighted by molar-refractivity contribution is 0.0701. The van der Waals surface area contributed by atoms with Gasteiger partial charge >= 0.3 is 5.97 Å². The number of carboxylic acid groups (broad SMARTS) is 1. The molecule has 18 heavy (non-hydrogen) atoms. The molecule has 0 spiro atoms. The van der Waals surface area contributed by atoms with E-state index in [0.717, 1.165) is 21.4 Å². The molecular weight excluding hydrogens is 318 g/mol. The normalized spacial score (nSPS) is 10.4. The van der Waals surface area contributed by atoms with E-state index in [1.165, 1.54) is 0 Å². The number of thiazole rings is 1. The molecule has 0 bridgehead atoms. The van der Waals surface area contributed by atoms with Gasteiger partial charge in [-0.05, 0) is 25.1 Å². The molecule has 0 atom stereocenters. The van der Waals surface area contributed by atoms with Crippen LogP contribution in [0.3, 0.4) is 0 Å². The summed E-state index contributed by atoms with van der Waals surface area (Å²) in [5.74, 6) is -0.242. The molecule has 1 heterocycles. The third kappa shape index (κ3) is 2.39. The van der Waals surface area contributed by atoms with E-state index in [0.29, 0.717) is 16.5 Å². The minimum Gasteiger partial charge on any atom is -0.497 e. The first-order chi connectivity index (χ1) is 8.52. The molecule has 0 fully saturated rings. The summed E-state index contributed by atoms with van der Waals surface area (Å²) >= 11 is 4.59. The summed E-state index contributed by atoms with van der Waals surface area (Å²) in [5.41, 5.74) is 1.35. The van der Waals surface area contributed by atoms with E-state index in [1.807, 2.05) is 18.2 Å². The van der Waals surface area contributed by atoms with E-state index in [4.69, 9.17) is 9.84 Å². The highest BCUT2D eigenvalue weighted by molar-refractivity contribution is 9.10. The first-order valence-corrected chi connectivity index (χ1v) is 6.68. The summed E-state index contributed by atoms with van der Waals surface area (Å²) in [5, 5.41) is 9.69. The van der Waals surface area contributed by atoms with Crippen molar-refractivity contribution in [3.8, 4) is 16.3 Å². The van der Waals surface area contributed by atoms with Crippen LogP contribution in [0.2, 0.25) is 0 Å². The van der Waals surface area contributed by atoms with E-state index in [2.05, 4.69) is 20.9 Å². The summed E-state index contributed by atoms with van der Waals surface area (Å²) in [6.07, 6.45) is 0. The van der Waals surface area contributed by atoms with Gasteiger partial charge in [-0.25, -0.2) is 9.78 Å². The topological polar surface area (TPSA) is 59.4 Å². The van der Waals surface area contributed by atoms with Crippen LogP contribution in [0.5, 0.6) is 5.75 Å². The maximum atomic E-state index is 11.0. The Morgan fingerprint density at radius 2 is 2.22 bits per heavy atom. The van der Waals surface area contributed by atoms with E-state index in [-0.39, 0.29) is 4.88 Å². The van der Waals surface area contributed by atoms with Crippen LogP contribution in [0, 0.1) is 6.92 Å². The molecule has 0 radical (unpaired) electrons. The summed E-state index contributed by atoms with van der Waals surface area (Å²) in [6, 6.07) is 5.51. The van der Waals surface area contributed by atoms with Crippen molar-refractivity contribution in [3.63, 3.8) is 0 Å². The number of hydrogen-bond acceptors (Lipinski definition) is 4. The molecule has 1 N–H and O–H groups in total. The molecule has 2 rings (SSSR count). The van der Waals surface area contributed by atoms with E-state index < -0.39 is 5.97 Å². The van der Waals surface area contributed by atoms with E-state index >= 15 is 0 Å². The molecule has 0 amide bonds. The predicted molar refractivity (Wildman–Crippen MR) is 73.5 cm³/mol. The molecule has 94 valence electrons. The predicted octanol–water partition coefficient (Wildman–Crippen LogP) is 3.59. The number of hydrogen-bond donors (Lipinski definition) is 1. The Kier molecular flexibility index (Phi) is 3.68. The Morgan fingerprint density at radius 1 is 1.50 bits per heavy atom. The van der Waals surface area contributed by atoms with Crippen molar-refractivity contribution in [1.29, 1.82) is 0 Å². The fraction of sp³-hybridized carbons (Fsp3) is 0.167. The van der Waals surface area contributed by atoms with Gasteiger partial charge < -0.3 is 9.84 Å². The Bertz CT molecular complexity index is 609. The SMILES string of the molecule is COc1ccc(Br)c(-c2nc(C)c(C(=O)O)s2)c1. The molecule has 1 aromatic heterocycles. The van der Waals surface area contributed by atoms with Gasteiger partial charge in [0.25, 0.3) is 0 Å². The van der Waals surface area contributed by atoms with Crippen LogP contribution in [-0.4, -0.2) is 23.2 Å². The quantitative estimate of drug-likeness (QED) is 0.935. The second-order valence-corrected chi connectivity index (χ2v) is 5.44. The highest BCUT2D eigenvalue weighted by Crippen LogP contribution is 2.35. The van der Waals surface area contributed by atoms with Crippen molar-refractivity contribution in [2.75, 3.05) is 7.11 Å². The van der Waals surface area contributed by atoms with Gasteiger partial charge in [0.05, 0.1) is 12.8 Å². The second-order valence-electron chi connectivity index (χ2n) is 3.58. The number of rotatable bonds is 3. The molecule has 0 aliphatic carbocycles. The zero-order valence-corrected chi connectivity index (χ0v) is 12.1. The third-order valence-electron chi connectivity index (χ3n) is 2.39. The van der Waals surface area contributed by atoms with Gasteiger partial charge in [-0.15, -0.1) is 11.3 Å². The zero-order valence-electron chi connectivity index (χ0n) is 9.73. The molecule has 0 unspecified atom stereocenters. The van der Waals surface area contributed by atoms with Crippen molar-refractivity contribution >= 4 is 33.2 Å². The smallest absolute Gasteiger partial charge is 0.347 e. The average Bonchev–Trinajstić information content (AvgIpc) is 2.72. The Balaban J connectivity index is 2.54. The molecule has 0 aliphatic heterocycles. The van der Waals surface area contributed by atoms with Crippen molar-refractivity contribution in [2.24, 2.45) is 0 Å². The fourth-order valence-electron chi connectivity index (χ4n) is 1.51. The number of methoxy groups -OCH3 is 1. The third-order valence-corrected chi connectivity index (χ3v) is 4.26. The highest BCUT2D eigenvalue weighted by Gasteiger charge is 2.16. The van der Waals surface area contributed by atoms with Crippen molar-refractivity contribution in [1.82, 2.24) is 4.98 Å². The second kappa shape index (κ2) is 5.07. The lowest BCUT2D eigenvalue weighted by atomic mass is 10.2. The Labute approximate surface area is 116 Å². The van der Waals surface area contributed by atoms with Gasteiger partial charge in [0.2, 0.25) is 0 Å². The molecule has 4 nitrogen and oxygen atoms in total. The molecule has 0 aliphatic rings. The van der Waals surface area contributed by atoms with Crippen LogP contribution in [0.1, 0.15) is 15.4 Å². The number of halogens is 1. The van der Waals surface area contributed by atoms with Crippen LogP contribution in [0.25, 0.3) is 10.6 Å². The van der Waals surface area contributed by atoms with E-state index in [1.54, 1.807) is 14.0 Å². The Morgan fingerprint density at radius 3 is 2.78 bits per heavy atom. The van der Waals surface area contributed by atoms with Gasteiger partial charge in [-0.2, -0.15) is 0 Å². The minimum atomic E-state index is -0.949. The maximum Gasteiger partial charge on any atom is 0.347 e. The number of carboxylic acids is 1. The molecule has 6 heteroatoms. The van der Waals surface area contributed by atoms with Gasteiger partial charge in [-0.1, -0.05) is 15.9 Å². The molecule has 0 saturated heterocycles. The summed E-state index contributed by atoms with van der Waals surface area (Å²) in [7, 11) is 1.59. The number of carbonyl (C=O) groups is 1. The van der Waals surface area contributed by atoms with Crippen LogP contribution >= 0.6 is 27.3 Å².